The SMILES string of the molecule is CC[C@H](C)[C@H](NC(=O)c1cccc(O)c1)C(=O)OC. The van der Waals surface area contributed by atoms with Gasteiger partial charge in [-0.3, -0.25) is 4.79 Å². The number of phenols is 1. The van der Waals surface area contributed by atoms with Crippen molar-refractivity contribution < 1.29 is 19.4 Å². The van der Waals surface area contributed by atoms with Gasteiger partial charge in [0.2, 0.25) is 0 Å². The first-order valence-electron chi connectivity index (χ1n) is 6.17. The average molecular weight is 265 g/mol. The molecule has 0 aliphatic rings. The summed E-state index contributed by atoms with van der Waals surface area (Å²) in [6.07, 6.45) is 0.736. The first kappa shape index (κ1) is 15.0. The number of phenolic OH excluding ortho intramolecular Hbond substituents is 1. The van der Waals surface area contributed by atoms with Crippen LogP contribution in [0.3, 0.4) is 0 Å². The van der Waals surface area contributed by atoms with E-state index in [0.29, 0.717) is 5.56 Å². The van der Waals surface area contributed by atoms with Crippen LogP contribution in [0.25, 0.3) is 0 Å². The molecule has 0 radical (unpaired) electrons. The van der Waals surface area contributed by atoms with Crippen LogP contribution in [-0.2, 0) is 9.53 Å². The number of hydrogen-bond donors (Lipinski definition) is 2. The summed E-state index contributed by atoms with van der Waals surface area (Å²) in [5, 5.41) is 12.0. The Morgan fingerprint density at radius 1 is 1.42 bits per heavy atom. The first-order valence-corrected chi connectivity index (χ1v) is 6.17. The Morgan fingerprint density at radius 2 is 2.11 bits per heavy atom. The van der Waals surface area contributed by atoms with Gasteiger partial charge in [0.05, 0.1) is 7.11 Å². The number of aromatic hydroxyl groups is 1. The standard InChI is InChI=1S/C14H19NO4/c1-4-9(2)12(14(18)19-3)15-13(17)10-6-5-7-11(16)8-10/h5-9,12,16H,4H2,1-3H3,(H,15,17)/t9-,12-/m0/s1. The van der Waals surface area contributed by atoms with Gasteiger partial charge in [-0.2, -0.15) is 0 Å². The maximum atomic E-state index is 12.0. The molecule has 0 aromatic heterocycles. The summed E-state index contributed by atoms with van der Waals surface area (Å²) >= 11 is 0. The normalized spacial score (nSPS) is 13.4. The monoisotopic (exact) mass is 265 g/mol. The van der Waals surface area contributed by atoms with Gasteiger partial charge in [0.15, 0.2) is 0 Å². The van der Waals surface area contributed by atoms with Gasteiger partial charge in [0.1, 0.15) is 11.8 Å². The Kier molecular flexibility index (Phi) is 5.36. The summed E-state index contributed by atoms with van der Waals surface area (Å²) in [6, 6.07) is 5.27. The molecule has 0 bridgehead atoms. The summed E-state index contributed by atoms with van der Waals surface area (Å²) in [7, 11) is 1.29. The van der Waals surface area contributed by atoms with Crippen LogP contribution in [0.15, 0.2) is 24.3 Å². The summed E-state index contributed by atoms with van der Waals surface area (Å²) in [5.74, 6) is -0.908. The minimum absolute atomic E-state index is 0.00538. The van der Waals surface area contributed by atoms with Crippen LogP contribution in [0.4, 0.5) is 0 Å². The minimum Gasteiger partial charge on any atom is -0.508 e. The van der Waals surface area contributed by atoms with Gasteiger partial charge in [-0.15, -0.1) is 0 Å². The van der Waals surface area contributed by atoms with Crippen molar-refractivity contribution in [2.45, 2.75) is 26.3 Å². The van der Waals surface area contributed by atoms with Gasteiger partial charge in [-0.1, -0.05) is 26.3 Å². The van der Waals surface area contributed by atoms with Crippen molar-refractivity contribution in [3.63, 3.8) is 0 Å². The first-order chi connectivity index (χ1) is 8.99. The molecule has 0 spiro atoms. The van der Waals surface area contributed by atoms with Crippen molar-refractivity contribution in [3.05, 3.63) is 29.8 Å². The second-order valence-corrected chi connectivity index (χ2v) is 4.41. The van der Waals surface area contributed by atoms with E-state index >= 15 is 0 Å². The predicted molar refractivity (Wildman–Crippen MR) is 70.8 cm³/mol. The molecule has 0 aliphatic carbocycles. The van der Waals surface area contributed by atoms with Gasteiger partial charge >= 0.3 is 5.97 Å². The number of methoxy groups -OCH3 is 1. The summed E-state index contributed by atoms with van der Waals surface area (Å²) in [4.78, 5) is 23.7. The molecular weight excluding hydrogens is 246 g/mol. The largest absolute Gasteiger partial charge is 0.508 e. The van der Waals surface area contributed by atoms with Gasteiger partial charge in [-0.05, 0) is 24.1 Å². The smallest absolute Gasteiger partial charge is 0.328 e. The van der Waals surface area contributed by atoms with Crippen molar-refractivity contribution in [1.29, 1.82) is 0 Å². The molecule has 2 N–H and O–H groups in total. The molecule has 104 valence electrons. The van der Waals surface area contributed by atoms with Crippen LogP contribution < -0.4 is 5.32 Å². The van der Waals surface area contributed by atoms with Gasteiger partial charge in [0, 0.05) is 5.56 Å². The highest BCUT2D eigenvalue weighted by Gasteiger charge is 2.27. The fraction of sp³-hybridized carbons (Fsp3) is 0.429. The topological polar surface area (TPSA) is 75.6 Å². The molecule has 0 unspecified atom stereocenters. The molecule has 1 amide bonds. The molecule has 5 heteroatoms. The van der Waals surface area contributed by atoms with Crippen LogP contribution in [-0.4, -0.2) is 30.1 Å². The van der Waals surface area contributed by atoms with Crippen molar-refractivity contribution >= 4 is 11.9 Å². The van der Waals surface area contributed by atoms with E-state index in [9.17, 15) is 14.7 Å². The number of rotatable bonds is 5. The third-order valence-corrected chi connectivity index (χ3v) is 3.06. The summed E-state index contributed by atoms with van der Waals surface area (Å²) in [6.45, 7) is 3.80. The lowest BCUT2D eigenvalue weighted by Crippen LogP contribution is -2.45. The number of amides is 1. The third-order valence-electron chi connectivity index (χ3n) is 3.06. The quantitative estimate of drug-likeness (QED) is 0.795. The molecule has 0 aliphatic heterocycles. The molecule has 0 saturated heterocycles. The lowest BCUT2D eigenvalue weighted by molar-refractivity contribution is -0.144. The van der Waals surface area contributed by atoms with E-state index in [0.717, 1.165) is 6.42 Å². The van der Waals surface area contributed by atoms with E-state index in [1.807, 2.05) is 13.8 Å². The lowest BCUT2D eigenvalue weighted by Gasteiger charge is -2.21. The zero-order valence-corrected chi connectivity index (χ0v) is 11.3. The third kappa shape index (κ3) is 3.98. The van der Waals surface area contributed by atoms with Crippen LogP contribution in [0.5, 0.6) is 5.75 Å². The van der Waals surface area contributed by atoms with Crippen LogP contribution in [0.1, 0.15) is 30.6 Å². The van der Waals surface area contributed by atoms with E-state index < -0.39 is 17.9 Å². The maximum Gasteiger partial charge on any atom is 0.328 e. The molecule has 1 aromatic rings. The van der Waals surface area contributed by atoms with E-state index in [1.165, 1.54) is 19.2 Å². The van der Waals surface area contributed by atoms with Gasteiger partial charge < -0.3 is 15.2 Å². The Bertz CT molecular complexity index is 459. The van der Waals surface area contributed by atoms with E-state index in [-0.39, 0.29) is 11.7 Å². The van der Waals surface area contributed by atoms with Gasteiger partial charge in [0.25, 0.3) is 5.91 Å². The number of benzene rings is 1. The Morgan fingerprint density at radius 3 is 2.63 bits per heavy atom. The number of hydrogen-bond acceptors (Lipinski definition) is 4. The van der Waals surface area contributed by atoms with Crippen LogP contribution >= 0.6 is 0 Å². The second-order valence-electron chi connectivity index (χ2n) is 4.41. The molecule has 1 aromatic carbocycles. The highest BCUT2D eigenvalue weighted by atomic mass is 16.5. The zero-order valence-electron chi connectivity index (χ0n) is 11.3. The highest BCUT2D eigenvalue weighted by molar-refractivity contribution is 5.97. The fourth-order valence-electron chi connectivity index (χ4n) is 1.67. The zero-order chi connectivity index (χ0) is 14.4. The number of esters is 1. The fourth-order valence-corrected chi connectivity index (χ4v) is 1.67. The van der Waals surface area contributed by atoms with E-state index in [2.05, 4.69) is 5.32 Å². The molecule has 5 nitrogen and oxygen atoms in total. The van der Waals surface area contributed by atoms with Crippen molar-refractivity contribution in [2.24, 2.45) is 5.92 Å². The number of carbonyl (C=O) groups excluding carboxylic acids is 2. The Balaban J connectivity index is 2.84. The Labute approximate surface area is 112 Å². The highest BCUT2D eigenvalue weighted by Crippen LogP contribution is 2.13. The predicted octanol–water partition coefficient (Wildman–Crippen LogP) is 1.71. The molecule has 19 heavy (non-hydrogen) atoms. The molecule has 0 fully saturated rings. The second kappa shape index (κ2) is 6.78. The number of carbonyl (C=O) groups is 2. The minimum atomic E-state index is -0.690. The Hall–Kier alpha value is -2.04. The molecule has 0 heterocycles. The number of ether oxygens (including phenoxy) is 1. The van der Waals surface area contributed by atoms with Crippen molar-refractivity contribution in [2.75, 3.05) is 7.11 Å². The number of nitrogens with one attached hydrogen (secondary N) is 1. The van der Waals surface area contributed by atoms with Crippen LogP contribution in [0, 0.1) is 5.92 Å². The molecule has 2 atom stereocenters. The van der Waals surface area contributed by atoms with Crippen LogP contribution in [0.2, 0.25) is 0 Å². The maximum absolute atomic E-state index is 12.0. The summed E-state index contributed by atoms with van der Waals surface area (Å²) in [5.41, 5.74) is 0.303. The van der Waals surface area contributed by atoms with Crippen molar-refractivity contribution in [1.82, 2.24) is 5.32 Å². The van der Waals surface area contributed by atoms with Crippen molar-refractivity contribution in [3.8, 4) is 5.75 Å². The lowest BCUT2D eigenvalue weighted by atomic mass is 9.99. The molecule has 0 saturated carbocycles. The summed E-state index contributed by atoms with van der Waals surface area (Å²) < 4.78 is 4.69. The van der Waals surface area contributed by atoms with Gasteiger partial charge in [-0.25, -0.2) is 4.79 Å². The van der Waals surface area contributed by atoms with E-state index in [1.54, 1.807) is 12.1 Å². The average Bonchev–Trinajstić information content (AvgIpc) is 2.42. The molecule has 1 rings (SSSR count). The van der Waals surface area contributed by atoms with E-state index in [4.69, 9.17) is 4.74 Å². The molecular formula is C14H19NO4.